The first-order valence-electron chi connectivity index (χ1n) is 9.14. The van der Waals surface area contributed by atoms with Crippen LogP contribution in [0.15, 0.2) is 66.3 Å². The Morgan fingerprint density at radius 2 is 2.10 bits per heavy atom. The Morgan fingerprint density at radius 1 is 1.24 bits per heavy atom. The summed E-state index contributed by atoms with van der Waals surface area (Å²) in [5.74, 6) is 1.31. The molecule has 1 aromatic heterocycles. The number of aromatic nitrogens is 2. The average molecular weight is 522 g/mol. The number of rotatable bonds is 5. The van der Waals surface area contributed by atoms with Crippen molar-refractivity contribution in [1.29, 1.82) is 0 Å². The Labute approximate surface area is 187 Å². The van der Waals surface area contributed by atoms with Gasteiger partial charge in [0.05, 0.1) is 10.5 Å². The van der Waals surface area contributed by atoms with E-state index in [1.165, 1.54) is 12.4 Å². The number of ether oxygens (including phenoxy) is 1. The van der Waals surface area contributed by atoms with Gasteiger partial charge in [0.15, 0.2) is 0 Å². The van der Waals surface area contributed by atoms with Crippen molar-refractivity contribution in [3.8, 4) is 5.75 Å². The number of allylic oxidation sites excluding steroid dienone is 2. The van der Waals surface area contributed by atoms with Crippen molar-refractivity contribution in [3.63, 3.8) is 0 Å². The predicted octanol–water partition coefficient (Wildman–Crippen LogP) is 6.83. The molecule has 0 spiro atoms. The molecule has 29 heavy (non-hydrogen) atoms. The van der Waals surface area contributed by atoms with Gasteiger partial charge >= 0.3 is 0 Å². The number of anilines is 2. The van der Waals surface area contributed by atoms with Crippen LogP contribution in [0.3, 0.4) is 0 Å². The van der Waals surface area contributed by atoms with E-state index >= 15 is 0 Å². The molecule has 0 amide bonds. The van der Waals surface area contributed by atoms with Gasteiger partial charge in [-0.1, -0.05) is 24.6 Å². The molecule has 7 heteroatoms. The molecule has 0 radical (unpaired) electrons. The van der Waals surface area contributed by atoms with Gasteiger partial charge in [0, 0.05) is 21.1 Å². The molecule has 2 aromatic carbocycles. The zero-order valence-electron chi connectivity index (χ0n) is 15.6. The van der Waals surface area contributed by atoms with Crippen LogP contribution in [0.5, 0.6) is 5.75 Å². The largest absolute Gasteiger partial charge is 0.487 e. The van der Waals surface area contributed by atoms with Crippen molar-refractivity contribution in [1.82, 2.24) is 9.97 Å². The van der Waals surface area contributed by atoms with Crippen molar-refractivity contribution in [3.05, 3.63) is 74.9 Å². The van der Waals surface area contributed by atoms with E-state index in [-0.39, 0.29) is 18.4 Å². The number of nitrogens with zero attached hydrogens (tertiary/aromatic N) is 2. The minimum Gasteiger partial charge on any atom is -0.487 e. The van der Waals surface area contributed by atoms with Crippen LogP contribution >= 0.6 is 34.2 Å². The molecule has 4 rings (SSSR count). The van der Waals surface area contributed by atoms with Crippen molar-refractivity contribution in [2.24, 2.45) is 5.92 Å². The first-order valence-corrected chi connectivity index (χ1v) is 10.6. The fourth-order valence-corrected chi connectivity index (χ4v) is 3.98. The monoisotopic (exact) mass is 521 g/mol. The van der Waals surface area contributed by atoms with E-state index in [2.05, 4.69) is 37.9 Å². The molecule has 3 aromatic rings. The SMILES string of the molecule is CC1C=C(COc2ccc(Nc3ncnc4ccc(I)cc34)cc2Cl)C=C(F)C1. The van der Waals surface area contributed by atoms with Gasteiger partial charge in [-0.15, -0.1) is 0 Å². The van der Waals surface area contributed by atoms with Gasteiger partial charge in [-0.25, -0.2) is 14.4 Å². The summed E-state index contributed by atoms with van der Waals surface area (Å²) < 4.78 is 20.5. The van der Waals surface area contributed by atoms with E-state index in [0.717, 1.165) is 25.7 Å². The molecule has 0 bridgehead atoms. The van der Waals surface area contributed by atoms with Crippen LogP contribution in [0.1, 0.15) is 13.3 Å². The number of benzene rings is 2. The molecular weight excluding hydrogens is 504 g/mol. The van der Waals surface area contributed by atoms with Gasteiger partial charge in [0.25, 0.3) is 0 Å². The molecule has 0 fully saturated rings. The lowest BCUT2D eigenvalue weighted by atomic mass is 9.97. The van der Waals surface area contributed by atoms with E-state index < -0.39 is 0 Å². The molecule has 1 aliphatic rings. The summed E-state index contributed by atoms with van der Waals surface area (Å²) in [4.78, 5) is 8.66. The highest BCUT2D eigenvalue weighted by atomic mass is 127. The Hall–Kier alpha value is -2.19. The standard InChI is InChI=1S/C22H18ClFIN3O/c1-13-6-14(8-15(24)7-13)11-29-21-5-3-17(10-19(21)23)28-22-18-9-16(25)2-4-20(18)26-12-27-22/h2-6,8-10,12-13H,7,11H2,1H3,(H,26,27,28). The van der Waals surface area contributed by atoms with Crippen LogP contribution in [0.2, 0.25) is 5.02 Å². The maximum atomic E-state index is 13.6. The first-order chi connectivity index (χ1) is 14.0. The normalized spacial score (nSPS) is 16.3. The van der Waals surface area contributed by atoms with Crippen LogP contribution < -0.4 is 10.1 Å². The van der Waals surface area contributed by atoms with Crippen molar-refractivity contribution in [2.75, 3.05) is 11.9 Å². The zero-order chi connectivity index (χ0) is 20.4. The highest BCUT2D eigenvalue weighted by molar-refractivity contribution is 14.1. The van der Waals surface area contributed by atoms with Gasteiger partial charge in [-0.2, -0.15) is 0 Å². The quantitative estimate of drug-likeness (QED) is 0.374. The Morgan fingerprint density at radius 3 is 2.90 bits per heavy atom. The van der Waals surface area contributed by atoms with Crippen molar-refractivity contribution in [2.45, 2.75) is 13.3 Å². The molecule has 1 heterocycles. The number of halogens is 3. The molecule has 148 valence electrons. The summed E-state index contributed by atoms with van der Waals surface area (Å²) in [7, 11) is 0. The van der Waals surface area contributed by atoms with Crippen LogP contribution in [0, 0.1) is 9.49 Å². The Balaban J connectivity index is 1.50. The molecule has 0 saturated heterocycles. The molecule has 0 aliphatic heterocycles. The third-order valence-electron chi connectivity index (χ3n) is 4.54. The predicted molar refractivity (Wildman–Crippen MR) is 124 cm³/mol. The van der Waals surface area contributed by atoms with Crippen LogP contribution in [0.4, 0.5) is 15.9 Å². The van der Waals surface area contributed by atoms with Crippen LogP contribution in [-0.4, -0.2) is 16.6 Å². The summed E-state index contributed by atoms with van der Waals surface area (Å²) in [5.41, 5.74) is 2.48. The molecular formula is C22H18ClFIN3O. The van der Waals surface area contributed by atoms with Crippen molar-refractivity contribution < 1.29 is 9.13 Å². The lowest BCUT2D eigenvalue weighted by Crippen LogP contribution is -2.06. The lowest BCUT2D eigenvalue weighted by Gasteiger charge is -2.16. The number of hydrogen-bond acceptors (Lipinski definition) is 4. The summed E-state index contributed by atoms with van der Waals surface area (Å²) in [6, 6.07) is 11.5. The second-order valence-electron chi connectivity index (χ2n) is 6.96. The average Bonchev–Trinajstić information content (AvgIpc) is 2.67. The third kappa shape index (κ3) is 4.87. The smallest absolute Gasteiger partial charge is 0.141 e. The fourth-order valence-electron chi connectivity index (χ4n) is 3.25. The van der Waals surface area contributed by atoms with Gasteiger partial charge in [0.1, 0.15) is 30.3 Å². The molecule has 1 unspecified atom stereocenters. The van der Waals surface area contributed by atoms with Crippen LogP contribution in [-0.2, 0) is 0 Å². The fraction of sp³-hybridized carbons (Fsp3) is 0.182. The maximum Gasteiger partial charge on any atom is 0.141 e. The van der Waals surface area contributed by atoms with E-state index in [9.17, 15) is 4.39 Å². The molecule has 1 aliphatic carbocycles. The van der Waals surface area contributed by atoms with E-state index in [0.29, 0.717) is 23.0 Å². The molecule has 1 atom stereocenters. The van der Waals surface area contributed by atoms with Gasteiger partial charge in [-0.3, -0.25) is 0 Å². The van der Waals surface area contributed by atoms with Crippen molar-refractivity contribution >= 4 is 56.6 Å². The first kappa shape index (κ1) is 20.1. The van der Waals surface area contributed by atoms with Gasteiger partial charge in [-0.05, 0) is 76.6 Å². The Bertz CT molecular complexity index is 1130. The van der Waals surface area contributed by atoms with Crippen LogP contribution in [0.25, 0.3) is 10.9 Å². The van der Waals surface area contributed by atoms with E-state index in [1.807, 2.05) is 37.3 Å². The minimum atomic E-state index is -0.115. The summed E-state index contributed by atoms with van der Waals surface area (Å²) in [6.07, 6.45) is 5.53. The number of hydrogen-bond donors (Lipinski definition) is 1. The van der Waals surface area contributed by atoms with E-state index in [1.54, 1.807) is 12.1 Å². The third-order valence-corrected chi connectivity index (χ3v) is 5.51. The minimum absolute atomic E-state index is 0.115. The van der Waals surface area contributed by atoms with E-state index in [4.69, 9.17) is 16.3 Å². The number of fused-ring (bicyclic) bond motifs is 1. The second-order valence-corrected chi connectivity index (χ2v) is 8.61. The molecule has 1 N–H and O–H groups in total. The highest BCUT2D eigenvalue weighted by Gasteiger charge is 2.13. The maximum absolute atomic E-state index is 13.6. The zero-order valence-corrected chi connectivity index (χ0v) is 18.5. The summed E-state index contributed by atoms with van der Waals surface area (Å²) >= 11 is 8.67. The highest BCUT2D eigenvalue weighted by Crippen LogP contribution is 2.31. The van der Waals surface area contributed by atoms with Gasteiger partial charge in [0.2, 0.25) is 0 Å². The van der Waals surface area contributed by atoms with Gasteiger partial charge < -0.3 is 10.1 Å². The molecule has 4 nitrogen and oxygen atoms in total. The Kier molecular flexibility index (Phi) is 6.01. The summed E-state index contributed by atoms with van der Waals surface area (Å²) in [6.45, 7) is 2.26. The number of nitrogens with one attached hydrogen (secondary N) is 1. The molecule has 0 saturated carbocycles. The second kappa shape index (κ2) is 8.67. The topological polar surface area (TPSA) is 47.0 Å². The lowest BCUT2D eigenvalue weighted by molar-refractivity contribution is 0.352. The summed E-state index contributed by atoms with van der Waals surface area (Å²) in [5, 5.41) is 4.70.